The van der Waals surface area contributed by atoms with Gasteiger partial charge in [0.2, 0.25) is 0 Å². The number of hydrogen-bond donors (Lipinski definition) is 0. The first kappa shape index (κ1) is 13.0. The Morgan fingerprint density at radius 1 is 1.33 bits per heavy atom. The standard InChI is InChI=1S/C13H18N2O3/c1-11(16)12-3-2-4-15(13(12)17)6-5-14-7-9-18-10-8-14/h2-4H,5-10H2,1H3. The second-order valence-electron chi connectivity index (χ2n) is 4.43. The lowest BCUT2D eigenvalue weighted by atomic mass is 10.2. The molecule has 0 saturated carbocycles. The Hall–Kier alpha value is -1.46. The highest BCUT2D eigenvalue weighted by Gasteiger charge is 2.11. The van der Waals surface area contributed by atoms with Crippen LogP contribution in [0.4, 0.5) is 0 Å². The second-order valence-corrected chi connectivity index (χ2v) is 4.43. The molecule has 0 atom stereocenters. The van der Waals surface area contributed by atoms with E-state index in [0.717, 1.165) is 32.8 Å². The van der Waals surface area contributed by atoms with E-state index in [9.17, 15) is 9.59 Å². The Balaban J connectivity index is 2.03. The van der Waals surface area contributed by atoms with Crippen molar-refractivity contribution in [2.45, 2.75) is 13.5 Å². The number of rotatable bonds is 4. The normalized spacial score (nSPS) is 16.7. The minimum Gasteiger partial charge on any atom is -0.379 e. The number of ketones is 1. The Bertz CT molecular complexity index is 475. The molecule has 0 N–H and O–H groups in total. The van der Waals surface area contributed by atoms with Gasteiger partial charge in [0, 0.05) is 32.4 Å². The molecule has 1 aromatic rings. The van der Waals surface area contributed by atoms with Crippen molar-refractivity contribution in [1.82, 2.24) is 9.47 Å². The van der Waals surface area contributed by atoms with Crippen LogP contribution in [0.3, 0.4) is 0 Å². The van der Waals surface area contributed by atoms with Crippen molar-refractivity contribution in [1.29, 1.82) is 0 Å². The van der Waals surface area contributed by atoms with E-state index in [2.05, 4.69) is 4.90 Å². The average Bonchev–Trinajstić information content (AvgIpc) is 2.38. The van der Waals surface area contributed by atoms with E-state index in [4.69, 9.17) is 4.74 Å². The SMILES string of the molecule is CC(=O)c1cccn(CCN2CCOCC2)c1=O. The topological polar surface area (TPSA) is 51.5 Å². The molecule has 1 aliphatic rings. The molecule has 0 amide bonds. The maximum atomic E-state index is 12.0. The summed E-state index contributed by atoms with van der Waals surface area (Å²) < 4.78 is 6.87. The third kappa shape index (κ3) is 3.05. The molecule has 1 aliphatic heterocycles. The van der Waals surface area contributed by atoms with Crippen molar-refractivity contribution >= 4 is 5.78 Å². The molecule has 2 heterocycles. The van der Waals surface area contributed by atoms with E-state index >= 15 is 0 Å². The lowest BCUT2D eigenvalue weighted by Gasteiger charge is -2.26. The highest BCUT2D eigenvalue weighted by molar-refractivity contribution is 5.93. The van der Waals surface area contributed by atoms with Gasteiger partial charge in [-0.05, 0) is 19.1 Å². The van der Waals surface area contributed by atoms with E-state index < -0.39 is 0 Å². The predicted molar refractivity (Wildman–Crippen MR) is 68.0 cm³/mol. The molecule has 1 fully saturated rings. The fraction of sp³-hybridized carbons (Fsp3) is 0.538. The molecule has 0 spiro atoms. The third-order valence-corrected chi connectivity index (χ3v) is 3.16. The van der Waals surface area contributed by atoms with Crippen LogP contribution in [-0.4, -0.2) is 48.1 Å². The molecule has 0 aromatic carbocycles. The largest absolute Gasteiger partial charge is 0.379 e. The highest BCUT2D eigenvalue weighted by atomic mass is 16.5. The van der Waals surface area contributed by atoms with Crippen LogP contribution in [0.2, 0.25) is 0 Å². The van der Waals surface area contributed by atoms with E-state index in [0.29, 0.717) is 6.54 Å². The zero-order chi connectivity index (χ0) is 13.0. The molecule has 1 saturated heterocycles. The van der Waals surface area contributed by atoms with Gasteiger partial charge in [-0.1, -0.05) is 0 Å². The van der Waals surface area contributed by atoms with Gasteiger partial charge < -0.3 is 9.30 Å². The fourth-order valence-electron chi connectivity index (χ4n) is 2.05. The molecule has 98 valence electrons. The molecule has 1 aromatic heterocycles. The lowest BCUT2D eigenvalue weighted by Crippen LogP contribution is -2.39. The van der Waals surface area contributed by atoms with Gasteiger partial charge in [-0.15, -0.1) is 0 Å². The van der Waals surface area contributed by atoms with Crippen LogP contribution >= 0.6 is 0 Å². The smallest absolute Gasteiger partial charge is 0.261 e. The van der Waals surface area contributed by atoms with E-state index in [1.54, 1.807) is 22.9 Å². The van der Waals surface area contributed by atoms with Crippen LogP contribution in [0.1, 0.15) is 17.3 Å². The monoisotopic (exact) mass is 250 g/mol. The van der Waals surface area contributed by atoms with Gasteiger partial charge in [-0.2, -0.15) is 0 Å². The summed E-state index contributed by atoms with van der Waals surface area (Å²) in [4.78, 5) is 25.5. The number of carbonyl (C=O) groups is 1. The second kappa shape index (κ2) is 5.93. The Morgan fingerprint density at radius 3 is 2.72 bits per heavy atom. The van der Waals surface area contributed by atoms with Crippen molar-refractivity contribution in [3.8, 4) is 0 Å². The first-order valence-corrected chi connectivity index (χ1v) is 6.19. The van der Waals surface area contributed by atoms with Gasteiger partial charge >= 0.3 is 0 Å². The van der Waals surface area contributed by atoms with Crippen molar-refractivity contribution in [2.75, 3.05) is 32.8 Å². The van der Waals surface area contributed by atoms with Crippen LogP contribution < -0.4 is 5.56 Å². The summed E-state index contributed by atoms with van der Waals surface area (Å²) in [6, 6.07) is 3.33. The molecular weight excluding hydrogens is 232 g/mol. The Labute approximate surface area is 106 Å². The van der Waals surface area contributed by atoms with Crippen LogP contribution in [0.15, 0.2) is 23.1 Å². The van der Waals surface area contributed by atoms with Gasteiger partial charge in [-0.3, -0.25) is 14.5 Å². The summed E-state index contributed by atoms with van der Waals surface area (Å²) in [6.07, 6.45) is 1.73. The molecule has 5 nitrogen and oxygen atoms in total. The quantitative estimate of drug-likeness (QED) is 0.725. The summed E-state index contributed by atoms with van der Waals surface area (Å²) in [5, 5.41) is 0. The molecule has 0 radical (unpaired) electrons. The molecular formula is C13H18N2O3. The van der Waals surface area contributed by atoms with Crippen LogP contribution in [-0.2, 0) is 11.3 Å². The van der Waals surface area contributed by atoms with Gasteiger partial charge in [-0.25, -0.2) is 0 Å². The zero-order valence-electron chi connectivity index (χ0n) is 10.6. The summed E-state index contributed by atoms with van der Waals surface area (Å²) >= 11 is 0. The zero-order valence-corrected chi connectivity index (χ0v) is 10.6. The molecule has 5 heteroatoms. The summed E-state index contributed by atoms with van der Waals surface area (Å²) in [7, 11) is 0. The van der Waals surface area contributed by atoms with Gasteiger partial charge in [0.05, 0.1) is 18.8 Å². The number of ether oxygens (including phenoxy) is 1. The first-order valence-electron chi connectivity index (χ1n) is 6.19. The molecule has 0 aliphatic carbocycles. The average molecular weight is 250 g/mol. The number of aromatic nitrogens is 1. The minimum atomic E-state index is -0.196. The summed E-state index contributed by atoms with van der Waals surface area (Å²) in [5.74, 6) is -0.180. The van der Waals surface area contributed by atoms with Crippen LogP contribution in [0.5, 0.6) is 0 Å². The van der Waals surface area contributed by atoms with Gasteiger partial charge in [0.15, 0.2) is 5.78 Å². The van der Waals surface area contributed by atoms with Crippen molar-refractivity contribution in [3.63, 3.8) is 0 Å². The number of carbonyl (C=O) groups excluding carboxylic acids is 1. The maximum Gasteiger partial charge on any atom is 0.261 e. The van der Waals surface area contributed by atoms with Crippen molar-refractivity contribution < 1.29 is 9.53 Å². The van der Waals surface area contributed by atoms with Crippen LogP contribution in [0.25, 0.3) is 0 Å². The first-order chi connectivity index (χ1) is 8.68. The minimum absolute atomic E-state index is 0.180. The third-order valence-electron chi connectivity index (χ3n) is 3.16. The number of pyridine rings is 1. The maximum absolute atomic E-state index is 12.0. The van der Waals surface area contributed by atoms with E-state index in [-0.39, 0.29) is 16.9 Å². The highest BCUT2D eigenvalue weighted by Crippen LogP contribution is 1.98. The molecule has 0 unspecified atom stereocenters. The molecule has 2 rings (SSSR count). The summed E-state index contributed by atoms with van der Waals surface area (Å²) in [6.45, 7) is 6.15. The van der Waals surface area contributed by atoms with E-state index in [1.807, 2.05) is 0 Å². The Morgan fingerprint density at radius 2 is 2.06 bits per heavy atom. The van der Waals surface area contributed by atoms with Gasteiger partial charge in [0.25, 0.3) is 5.56 Å². The molecule has 18 heavy (non-hydrogen) atoms. The fourth-order valence-corrected chi connectivity index (χ4v) is 2.05. The predicted octanol–water partition coefficient (Wildman–Crippen LogP) is 0.383. The van der Waals surface area contributed by atoms with Crippen LogP contribution in [0, 0.1) is 0 Å². The summed E-state index contributed by atoms with van der Waals surface area (Å²) in [5.41, 5.74) is 0.0673. The van der Waals surface area contributed by atoms with Gasteiger partial charge in [0.1, 0.15) is 0 Å². The number of hydrogen-bond acceptors (Lipinski definition) is 4. The molecule has 0 bridgehead atoms. The number of nitrogens with zero attached hydrogens (tertiary/aromatic N) is 2. The van der Waals surface area contributed by atoms with Crippen molar-refractivity contribution in [2.24, 2.45) is 0 Å². The lowest BCUT2D eigenvalue weighted by molar-refractivity contribution is 0.0363. The number of morpholine rings is 1. The Kier molecular flexibility index (Phi) is 4.28. The number of Topliss-reactive ketones (excluding diaryl/α,β-unsaturated/α-hetero) is 1. The van der Waals surface area contributed by atoms with E-state index in [1.165, 1.54) is 6.92 Å². The van der Waals surface area contributed by atoms with Crippen molar-refractivity contribution in [3.05, 3.63) is 34.2 Å².